The molecular weight excluding hydrogens is 522 g/mol. The van der Waals surface area contributed by atoms with E-state index < -0.39 is 18.0 Å². The van der Waals surface area contributed by atoms with E-state index in [0.29, 0.717) is 38.9 Å². The van der Waals surface area contributed by atoms with Crippen molar-refractivity contribution < 1.29 is 33.3 Å². The van der Waals surface area contributed by atoms with E-state index >= 15 is 0 Å². The molecule has 2 amide bonds. The number of carbonyl (C=O) groups is 3. The first-order valence-electron chi connectivity index (χ1n) is 12.1. The van der Waals surface area contributed by atoms with Crippen LogP contribution in [-0.4, -0.2) is 50.9 Å². The number of amides is 2. The van der Waals surface area contributed by atoms with E-state index in [4.69, 9.17) is 18.9 Å². The van der Waals surface area contributed by atoms with E-state index in [-0.39, 0.29) is 12.5 Å². The number of carbonyl (C=O) groups excluding carboxylic acids is 3. The quantitative estimate of drug-likeness (QED) is 0.200. The lowest BCUT2D eigenvalue weighted by atomic mass is 10.1. The number of thiophene rings is 1. The molecule has 2 aromatic carbocycles. The minimum Gasteiger partial charge on any atom is -0.497 e. The van der Waals surface area contributed by atoms with Crippen molar-refractivity contribution in [1.29, 1.82) is 0 Å². The SMILES string of the molecule is CCOC(=O)c1c(NC(=O)c2ccc(O[C@@H](C)C(=O)N/N=C\c3cc(OC)ccc3OC)cc2)sc(C)c1C. The third kappa shape index (κ3) is 7.35. The Bertz CT molecular complexity index is 1370. The molecule has 10 nitrogen and oxygen atoms in total. The average molecular weight is 554 g/mol. The van der Waals surface area contributed by atoms with Gasteiger partial charge in [0.2, 0.25) is 0 Å². The molecular formula is C28H31N3O7S. The summed E-state index contributed by atoms with van der Waals surface area (Å²) in [5, 5.41) is 7.22. The Morgan fingerprint density at radius 1 is 1.03 bits per heavy atom. The van der Waals surface area contributed by atoms with Gasteiger partial charge in [-0.2, -0.15) is 5.10 Å². The molecule has 206 valence electrons. The molecule has 1 aromatic heterocycles. The van der Waals surface area contributed by atoms with Gasteiger partial charge in [0.1, 0.15) is 22.2 Å². The normalized spacial score (nSPS) is 11.5. The third-order valence-corrected chi connectivity index (χ3v) is 6.83. The molecule has 1 heterocycles. The van der Waals surface area contributed by atoms with Crippen molar-refractivity contribution in [1.82, 2.24) is 5.43 Å². The highest BCUT2D eigenvalue weighted by atomic mass is 32.1. The lowest BCUT2D eigenvalue weighted by Crippen LogP contribution is -2.33. The summed E-state index contributed by atoms with van der Waals surface area (Å²) in [6.45, 7) is 7.24. The molecule has 0 spiro atoms. The van der Waals surface area contributed by atoms with Crippen molar-refractivity contribution in [2.75, 3.05) is 26.1 Å². The smallest absolute Gasteiger partial charge is 0.341 e. The highest BCUT2D eigenvalue weighted by Gasteiger charge is 2.22. The van der Waals surface area contributed by atoms with Crippen molar-refractivity contribution in [3.63, 3.8) is 0 Å². The zero-order chi connectivity index (χ0) is 28.5. The van der Waals surface area contributed by atoms with Crippen LogP contribution in [0.3, 0.4) is 0 Å². The molecule has 11 heteroatoms. The van der Waals surface area contributed by atoms with E-state index in [1.54, 1.807) is 63.4 Å². The fraction of sp³-hybridized carbons (Fsp3) is 0.286. The summed E-state index contributed by atoms with van der Waals surface area (Å²) >= 11 is 1.32. The zero-order valence-corrected chi connectivity index (χ0v) is 23.4. The van der Waals surface area contributed by atoms with Gasteiger partial charge >= 0.3 is 5.97 Å². The van der Waals surface area contributed by atoms with Gasteiger partial charge in [-0.25, -0.2) is 10.2 Å². The predicted molar refractivity (Wildman–Crippen MR) is 150 cm³/mol. The number of aryl methyl sites for hydroxylation is 1. The standard InChI is InChI=1S/C28H31N3O7S/c1-7-37-28(34)24-16(2)18(4)39-27(24)30-26(33)19-8-10-21(11-9-19)38-17(3)25(32)31-29-15-20-14-22(35-5)12-13-23(20)36-6/h8-15,17H,7H2,1-6H3,(H,30,33)(H,31,32)/b29-15-/t17-/m0/s1. The van der Waals surface area contributed by atoms with E-state index in [0.717, 1.165) is 10.4 Å². The van der Waals surface area contributed by atoms with Crippen LogP contribution in [0.25, 0.3) is 0 Å². The number of rotatable bonds is 11. The van der Waals surface area contributed by atoms with Crippen LogP contribution in [0.5, 0.6) is 17.2 Å². The molecule has 0 unspecified atom stereocenters. The van der Waals surface area contributed by atoms with Gasteiger partial charge in [0.15, 0.2) is 6.10 Å². The van der Waals surface area contributed by atoms with E-state index in [2.05, 4.69) is 15.8 Å². The average Bonchev–Trinajstić information content (AvgIpc) is 3.21. The van der Waals surface area contributed by atoms with Crippen molar-refractivity contribution in [3.8, 4) is 17.2 Å². The third-order valence-electron chi connectivity index (χ3n) is 5.71. The molecule has 3 aromatic rings. The Kier molecular flexibility index (Phi) is 10.0. The van der Waals surface area contributed by atoms with Crippen LogP contribution >= 0.6 is 11.3 Å². The van der Waals surface area contributed by atoms with Crippen LogP contribution in [0, 0.1) is 13.8 Å². The van der Waals surface area contributed by atoms with E-state index in [9.17, 15) is 14.4 Å². The lowest BCUT2D eigenvalue weighted by Gasteiger charge is -2.13. The first-order valence-corrected chi connectivity index (χ1v) is 12.9. The molecule has 0 aliphatic rings. The Morgan fingerprint density at radius 2 is 1.72 bits per heavy atom. The molecule has 0 fully saturated rings. The molecule has 2 N–H and O–H groups in total. The van der Waals surface area contributed by atoms with Crippen LogP contribution in [0.2, 0.25) is 0 Å². The van der Waals surface area contributed by atoms with E-state index in [1.165, 1.54) is 24.7 Å². The number of nitrogens with zero attached hydrogens (tertiary/aromatic N) is 1. The summed E-state index contributed by atoms with van der Waals surface area (Å²) < 4.78 is 21.3. The number of anilines is 1. The van der Waals surface area contributed by atoms with Gasteiger partial charge in [0.25, 0.3) is 11.8 Å². The van der Waals surface area contributed by atoms with Crippen LogP contribution in [0.4, 0.5) is 5.00 Å². The second-order valence-corrected chi connectivity index (χ2v) is 9.51. The summed E-state index contributed by atoms with van der Waals surface area (Å²) in [5.74, 6) is 0.257. The number of benzene rings is 2. The maximum Gasteiger partial charge on any atom is 0.341 e. The molecule has 0 aliphatic carbocycles. The van der Waals surface area contributed by atoms with Gasteiger partial charge in [-0.1, -0.05) is 0 Å². The highest BCUT2D eigenvalue weighted by Crippen LogP contribution is 2.33. The van der Waals surface area contributed by atoms with E-state index in [1.807, 2.05) is 13.8 Å². The summed E-state index contributed by atoms with van der Waals surface area (Å²) in [7, 11) is 3.09. The summed E-state index contributed by atoms with van der Waals surface area (Å²) in [6.07, 6.45) is 0.585. The van der Waals surface area contributed by atoms with Crippen molar-refractivity contribution in [2.45, 2.75) is 33.8 Å². The number of methoxy groups -OCH3 is 2. The van der Waals surface area contributed by atoms with Crippen LogP contribution in [0.1, 0.15) is 50.6 Å². The molecule has 0 saturated heterocycles. The van der Waals surface area contributed by atoms with Crippen molar-refractivity contribution in [2.24, 2.45) is 5.10 Å². The maximum absolute atomic E-state index is 12.8. The van der Waals surface area contributed by atoms with Gasteiger partial charge < -0.3 is 24.3 Å². The molecule has 3 rings (SSSR count). The van der Waals surface area contributed by atoms with Gasteiger partial charge in [-0.15, -0.1) is 11.3 Å². The fourth-order valence-corrected chi connectivity index (χ4v) is 4.52. The van der Waals surface area contributed by atoms with Crippen LogP contribution in [-0.2, 0) is 9.53 Å². The molecule has 1 atom stereocenters. The minimum absolute atomic E-state index is 0.238. The first-order chi connectivity index (χ1) is 18.7. The van der Waals surface area contributed by atoms with Gasteiger partial charge in [0, 0.05) is 16.0 Å². The summed E-state index contributed by atoms with van der Waals surface area (Å²) in [6, 6.07) is 11.5. The molecule has 0 bridgehead atoms. The maximum atomic E-state index is 12.8. The Hall–Kier alpha value is -4.38. The Balaban J connectivity index is 1.60. The largest absolute Gasteiger partial charge is 0.497 e. The van der Waals surface area contributed by atoms with Gasteiger partial charge in [0.05, 0.1) is 32.6 Å². The second-order valence-electron chi connectivity index (χ2n) is 8.29. The number of hydrogen-bond donors (Lipinski definition) is 2. The predicted octanol–water partition coefficient (Wildman–Crippen LogP) is 4.73. The van der Waals surface area contributed by atoms with Crippen LogP contribution in [0.15, 0.2) is 47.6 Å². The monoisotopic (exact) mass is 553 g/mol. The number of hydrogen-bond acceptors (Lipinski definition) is 9. The number of hydrazone groups is 1. The highest BCUT2D eigenvalue weighted by molar-refractivity contribution is 7.16. The molecule has 39 heavy (non-hydrogen) atoms. The molecule has 0 aliphatic heterocycles. The van der Waals surface area contributed by atoms with Gasteiger partial charge in [-0.3, -0.25) is 9.59 Å². The fourth-order valence-electron chi connectivity index (χ4n) is 3.48. The Morgan fingerprint density at radius 3 is 2.36 bits per heavy atom. The topological polar surface area (TPSA) is 125 Å². The minimum atomic E-state index is -0.863. The van der Waals surface area contributed by atoms with Gasteiger partial charge in [-0.05, 0) is 75.7 Å². The molecule has 0 radical (unpaired) electrons. The zero-order valence-electron chi connectivity index (χ0n) is 22.6. The van der Waals surface area contributed by atoms with Crippen molar-refractivity contribution >= 4 is 40.3 Å². The number of nitrogens with one attached hydrogen (secondary N) is 2. The second kappa shape index (κ2) is 13.4. The van der Waals surface area contributed by atoms with Crippen LogP contribution < -0.4 is 25.0 Å². The summed E-state index contributed by atoms with van der Waals surface area (Å²) in [5.41, 5.74) is 4.55. The molecule has 0 saturated carbocycles. The van der Waals surface area contributed by atoms with Crippen molar-refractivity contribution in [3.05, 3.63) is 69.6 Å². The lowest BCUT2D eigenvalue weighted by molar-refractivity contribution is -0.127. The first kappa shape index (κ1) is 29.2. The number of ether oxygens (including phenoxy) is 4. The Labute approximate surface area is 230 Å². The summed E-state index contributed by atoms with van der Waals surface area (Å²) in [4.78, 5) is 38.6. The number of esters is 1.